The number of aryl methyl sites for hydroxylation is 2. The molecule has 0 saturated carbocycles. The fraction of sp³-hybridized carbons (Fsp3) is 0.375. The summed E-state index contributed by atoms with van der Waals surface area (Å²) in [4.78, 5) is 18.2. The number of nitrogens with zero attached hydrogens (tertiary/aromatic N) is 3. The average molecular weight is 323 g/mol. The molecule has 0 saturated heterocycles. The number of carbonyl (C=O) groups excluding carboxylic acids is 1. The van der Waals surface area contributed by atoms with Crippen LogP contribution in [0.4, 0.5) is 0 Å². The minimum absolute atomic E-state index is 0. The first-order chi connectivity index (χ1) is 10.1. The lowest BCUT2D eigenvalue weighted by Gasteiger charge is -2.17. The molecule has 1 aromatic carbocycles. The molecule has 0 unspecified atom stereocenters. The van der Waals surface area contributed by atoms with Crippen molar-refractivity contribution in [3.63, 3.8) is 0 Å². The Bertz CT molecular complexity index is 594. The Hall–Kier alpha value is -1.85. The third-order valence-corrected chi connectivity index (χ3v) is 3.60. The number of carbonyl (C=O) groups is 1. The van der Waals surface area contributed by atoms with Crippen molar-refractivity contribution in [3.05, 3.63) is 53.6 Å². The van der Waals surface area contributed by atoms with Crippen molar-refractivity contribution in [2.24, 2.45) is 5.73 Å². The van der Waals surface area contributed by atoms with Crippen LogP contribution in [0.1, 0.15) is 28.2 Å². The van der Waals surface area contributed by atoms with Crippen LogP contribution in [-0.4, -0.2) is 34.0 Å². The summed E-state index contributed by atoms with van der Waals surface area (Å²) in [7, 11) is 1.83. The van der Waals surface area contributed by atoms with E-state index in [0.29, 0.717) is 12.1 Å². The van der Waals surface area contributed by atoms with Gasteiger partial charge < -0.3 is 15.2 Å². The summed E-state index contributed by atoms with van der Waals surface area (Å²) in [5.41, 5.74) is 7.29. The normalized spacial score (nSPS) is 10.1. The predicted octanol–water partition coefficient (Wildman–Crippen LogP) is 2.23. The van der Waals surface area contributed by atoms with E-state index in [-0.39, 0.29) is 18.3 Å². The van der Waals surface area contributed by atoms with Crippen molar-refractivity contribution >= 4 is 18.3 Å². The quantitative estimate of drug-likeness (QED) is 0.887. The molecule has 0 radical (unpaired) electrons. The zero-order chi connectivity index (χ0) is 15.2. The molecule has 0 fully saturated rings. The van der Waals surface area contributed by atoms with Crippen molar-refractivity contribution in [1.29, 1.82) is 0 Å². The summed E-state index contributed by atoms with van der Waals surface area (Å²) in [5.74, 6) is 1.04. The van der Waals surface area contributed by atoms with Gasteiger partial charge in [-0.3, -0.25) is 4.79 Å². The summed E-state index contributed by atoms with van der Waals surface area (Å²) in [6.07, 6.45) is 4.66. The maximum Gasteiger partial charge on any atom is 0.253 e. The number of halogens is 1. The maximum absolute atomic E-state index is 12.3. The van der Waals surface area contributed by atoms with Gasteiger partial charge in [0.05, 0.1) is 0 Å². The van der Waals surface area contributed by atoms with Gasteiger partial charge in [-0.15, -0.1) is 12.4 Å². The predicted molar refractivity (Wildman–Crippen MR) is 90.1 cm³/mol. The summed E-state index contributed by atoms with van der Waals surface area (Å²) in [6, 6.07) is 7.47. The first-order valence-electron chi connectivity index (χ1n) is 7.14. The van der Waals surface area contributed by atoms with Gasteiger partial charge in [-0.05, 0) is 31.0 Å². The van der Waals surface area contributed by atoms with E-state index in [9.17, 15) is 4.79 Å². The van der Waals surface area contributed by atoms with Gasteiger partial charge in [-0.2, -0.15) is 0 Å². The monoisotopic (exact) mass is 322 g/mol. The third-order valence-electron chi connectivity index (χ3n) is 3.60. The molecule has 120 valence electrons. The molecule has 0 aliphatic carbocycles. The van der Waals surface area contributed by atoms with Crippen molar-refractivity contribution in [2.45, 2.75) is 26.4 Å². The molecule has 1 heterocycles. The molecule has 1 aromatic heterocycles. The molecular weight excluding hydrogens is 300 g/mol. The second-order valence-electron chi connectivity index (χ2n) is 5.15. The highest BCUT2D eigenvalue weighted by Gasteiger charge is 2.11. The summed E-state index contributed by atoms with van der Waals surface area (Å²) >= 11 is 0. The number of aromatic nitrogens is 2. The van der Waals surface area contributed by atoms with E-state index < -0.39 is 0 Å². The smallest absolute Gasteiger partial charge is 0.253 e. The molecule has 1 amide bonds. The van der Waals surface area contributed by atoms with E-state index in [0.717, 1.165) is 30.9 Å². The van der Waals surface area contributed by atoms with E-state index in [2.05, 4.69) is 9.55 Å². The van der Waals surface area contributed by atoms with Crippen LogP contribution in [0.5, 0.6) is 0 Å². The van der Waals surface area contributed by atoms with Crippen LogP contribution in [0.3, 0.4) is 0 Å². The van der Waals surface area contributed by atoms with Gasteiger partial charge >= 0.3 is 0 Å². The van der Waals surface area contributed by atoms with Gasteiger partial charge in [0.2, 0.25) is 0 Å². The summed E-state index contributed by atoms with van der Waals surface area (Å²) in [6.45, 7) is 4.06. The molecule has 2 aromatic rings. The fourth-order valence-electron chi connectivity index (χ4n) is 2.22. The van der Waals surface area contributed by atoms with Crippen LogP contribution in [0, 0.1) is 6.92 Å². The number of amides is 1. The Kier molecular flexibility index (Phi) is 7.08. The number of hydrogen-bond donors (Lipinski definition) is 1. The third kappa shape index (κ3) is 4.58. The Morgan fingerprint density at radius 2 is 2.00 bits per heavy atom. The van der Waals surface area contributed by atoms with E-state index >= 15 is 0 Å². The Morgan fingerprint density at radius 3 is 2.55 bits per heavy atom. The van der Waals surface area contributed by atoms with Gasteiger partial charge in [-0.25, -0.2) is 4.98 Å². The minimum atomic E-state index is 0. The van der Waals surface area contributed by atoms with Gasteiger partial charge in [0, 0.05) is 44.6 Å². The van der Waals surface area contributed by atoms with Crippen molar-refractivity contribution in [3.8, 4) is 0 Å². The minimum Gasteiger partial charge on any atom is -0.342 e. The SMILES string of the molecule is Cc1nccn1CCCN(C)C(=O)c1ccc(CN)cc1.Cl. The van der Waals surface area contributed by atoms with E-state index in [1.807, 2.05) is 44.4 Å². The second-order valence-corrected chi connectivity index (χ2v) is 5.15. The molecule has 0 atom stereocenters. The van der Waals surface area contributed by atoms with E-state index in [1.165, 1.54) is 0 Å². The summed E-state index contributed by atoms with van der Waals surface area (Å²) in [5, 5.41) is 0. The van der Waals surface area contributed by atoms with Crippen molar-refractivity contribution in [1.82, 2.24) is 14.5 Å². The van der Waals surface area contributed by atoms with Gasteiger partial charge in [0.25, 0.3) is 5.91 Å². The Morgan fingerprint density at radius 1 is 1.32 bits per heavy atom. The molecular formula is C16H23ClN4O. The van der Waals surface area contributed by atoms with Crippen LogP contribution in [0.15, 0.2) is 36.7 Å². The van der Waals surface area contributed by atoms with Crippen LogP contribution < -0.4 is 5.73 Å². The van der Waals surface area contributed by atoms with Crippen LogP contribution in [0.2, 0.25) is 0 Å². The molecule has 2 rings (SSSR count). The number of imidazole rings is 1. The van der Waals surface area contributed by atoms with Gasteiger partial charge in [0.15, 0.2) is 0 Å². The Balaban J connectivity index is 0.00000242. The van der Waals surface area contributed by atoms with Gasteiger partial charge in [-0.1, -0.05) is 12.1 Å². The lowest BCUT2D eigenvalue weighted by atomic mass is 10.1. The van der Waals surface area contributed by atoms with E-state index in [4.69, 9.17) is 5.73 Å². The lowest BCUT2D eigenvalue weighted by Crippen LogP contribution is -2.28. The highest BCUT2D eigenvalue weighted by atomic mass is 35.5. The van der Waals surface area contributed by atoms with Crippen LogP contribution in [0.25, 0.3) is 0 Å². The molecule has 0 aliphatic rings. The number of hydrogen-bond acceptors (Lipinski definition) is 3. The summed E-state index contributed by atoms with van der Waals surface area (Å²) < 4.78 is 2.09. The average Bonchev–Trinajstić information content (AvgIpc) is 2.92. The molecule has 2 N–H and O–H groups in total. The van der Waals surface area contributed by atoms with Crippen LogP contribution in [-0.2, 0) is 13.1 Å². The van der Waals surface area contributed by atoms with Gasteiger partial charge in [0.1, 0.15) is 5.82 Å². The number of rotatable bonds is 6. The van der Waals surface area contributed by atoms with E-state index in [1.54, 1.807) is 11.1 Å². The highest BCUT2D eigenvalue weighted by Crippen LogP contribution is 2.07. The number of benzene rings is 1. The largest absolute Gasteiger partial charge is 0.342 e. The molecule has 6 heteroatoms. The highest BCUT2D eigenvalue weighted by molar-refractivity contribution is 5.94. The maximum atomic E-state index is 12.3. The number of nitrogens with two attached hydrogens (primary N) is 1. The van der Waals surface area contributed by atoms with Crippen LogP contribution >= 0.6 is 12.4 Å². The molecule has 5 nitrogen and oxygen atoms in total. The van der Waals surface area contributed by atoms with Crippen molar-refractivity contribution < 1.29 is 4.79 Å². The van der Waals surface area contributed by atoms with Crippen molar-refractivity contribution in [2.75, 3.05) is 13.6 Å². The second kappa shape index (κ2) is 8.56. The standard InChI is InChI=1S/C16H22N4O.ClH/c1-13-18-8-11-20(13)10-3-9-19(2)16(21)15-6-4-14(12-17)5-7-15;/h4-8,11H,3,9-10,12,17H2,1-2H3;1H. The first kappa shape index (κ1) is 18.2. The lowest BCUT2D eigenvalue weighted by molar-refractivity contribution is 0.0792. The molecule has 0 bridgehead atoms. The topological polar surface area (TPSA) is 64.2 Å². The first-order valence-corrected chi connectivity index (χ1v) is 7.14. The molecule has 0 spiro atoms. The fourth-order valence-corrected chi connectivity index (χ4v) is 2.22. The molecule has 0 aliphatic heterocycles. The zero-order valence-electron chi connectivity index (χ0n) is 13.0. The zero-order valence-corrected chi connectivity index (χ0v) is 13.8. The Labute approximate surface area is 137 Å². The molecule has 22 heavy (non-hydrogen) atoms.